The van der Waals surface area contributed by atoms with Crippen molar-refractivity contribution < 1.29 is 33.4 Å². The van der Waals surface area contributed by atoms with Crippen LogP contribution in [-0.2, 0) is 23.9 Å². The number of ether oxygens (including phenoxy) is 3. The number of carbonyl (C=O) groups excluding carboxylic acids is 4. The summed E-state index contributed by atoms with van der Waals surface area (Å²) in [5, 5.41) is 2.44. The van der Waals surface area contributed by atoms with E-state index in [2.05, 4.69) is 5.32 Å². The molecule has 0 unspecified atom stereocenters. The summed E-state index contributed by atoms with van der Waals surface area (Å²) >= 11 is 0. The van der Waals surface area contributed by atoms with Crippen LogP contribution in [0.15, 0.2) is 24.3 Å². The van der Waals surface area contributed by atoms with Crippen molar-refractivity contribution in [3.8, 4) is 5.75 Å². The van der Waals surface area contributed by atoms with E-state index in [-0.39, 0.29) is 13.2 Å². The molecule has 0 saturated carbocycles. The van der Waals surface area contributed by atoms with Gasteiger partial charge in [0, 0.05) is 12.1 Å². The molecule has 1 atom stereocenters. The Hall–Kier alpha value is -3.10. The van der Waals surface area contributed by atoms with Gasteiger partial charge >= 0.3 is 11.9 Å². The Morgan fingerprint density at radius 2 is 1.77 bits per heavy atom. The van der Waals surface area contributed by atoms with Crippen molar-refractivity contribution in [3.05, 3.63) is 29.8 Å². The largest absolute Gasteiger partial charge is 0.494 e. The molecule has 9 heteroatoms. The Balaban J connectivity index is 1.78. The van der Waals surface area contributed by atoms with Gasteiger partial charge in [-0.1, -0.05) is 0 Å². The van der Waals surface area contributed by atoms with Gasteiger partial charge in [0.2, 0.25) is 0 Å². The molecule has 1 aliphatic rings. The molecule has 1 aromatic carbocycles. The number of hydrogen-bond acceptors (Lipinski definition) is 7. The van der Waals surface area contributed by atoms with Crippen molar-refractivity contribution in [1.82, 2.24) is 10.2 Å². The summed E-state index contributed by atoms with van der Waals surface area (Å²) < 4.78 is 15.3. The smallest absolute Gasteiger partial charge is 0.328 e. The third-order valence-corrected chi connectivity index (χ3v) is 4.56. The normalized spacial score (nSPS) is 15.8. The summed E-state index contributed by atoms with van der Waals surface area (Å²) in [6.07, 6.45) is 2.12. The Kier molecular flexibility index (Phi) is 9.11. The number of nitrogens with one attached hydrogen (secondary N) is 1. The van der Waals surface area contributed by atoms with Crippen LogP contribution in [0.4, 0.5) is 0 Å². The standard InChI is InChI=1S/C21H28N2O7/c1-3-28-16-10-8-15(9-11-16)20(26)22-13-19(25)30-14-18(24)23-12-6-5-7-17(23)21(27)29-4-2/h8-11,17H,3-7,12-14H2,1-2H3,(H,22,26)/t17-/m1/s1. The molecule has 30 heavy (non-hydrogen) atoms. The molecule has 1 aliphatic heterocycles. The number of hydrogen-bond donors (Lipinski definition) is 1. The van der Waals surface area contributed by atoms with E-state index in [1.165, 1.54) is 4.90 Å². The van der Waals surface area contributed by atoms with Crippen LogP contribution in [0.1, 0.15) is 43.5 Å². The minimum Gasteiger partial charge on any atom is -0.494 e. The number of likely N-dealkylation sites (tertiary alicyclic amines) is 1. The van der Waals surface area contributed by atoms with Gasteiger partial charge in [0.05, 0.1) is 13.2 Å². The number of rotatable bonds is 9. The van der Waals surface area contributed by atoms with E-state index in [1.807, 2.05) is 6.92 Å². The molecule has 1 aromatic rings. The summed E-state index contributed by atoms with van der Waals surface area (Å²) in [5.74, 6) is -1.45. The second-order valence-electron chi connectivity index (χ2n) is 6.65. The molecule has 164 valence electrons. The lowest BCUT2D eigenvalue weighted by atomic mass is 10.0. The first-order valence-corrected chi connectivity index (χ1v) is 10.1. The third-order valence-electron chi connectivity index (χ3n) is 4.56. The number of nitrogens with zero attached hydrogens (tertiary/aromatic N) is 1. The molecule has 2 amide bonds. The highest BCUT2D eigenvalue weighted by atomic mass is 16.5. The van der Waals surface area contributed by atoms with Gasteiger partial charge < -0.3 is 24.4 Å². The second-order valence-corrected chi connectivity index (χ2v) is 6.65. The van der Waals surface area contributed by atoms with Crippen molar-refractivity contribution in [2.75, 3.05) is 32.9 Å². The average Bonchev–Trinajstić information content (AvgIpc) is 2.76. The fourth-order valence-corrected chi connectivity index (χ4v) is 3.11. The van der Waals surface area contributed by atoms with E-state index in [9.17, 15) is 19.2 Å². The van der Waals surface area contributed by atoms with Crippen molar-refractivity contribution >= 4 is 23.8 Å². The predicted octanol–water partition coefficient (Wildman–Crippen LogP) is 1.30. The molecule has 0 aliphatic carbocycles. The number of piperidine rings is 1. The second kappa shape index (κ2) is 11.8. The van der Waals surface area contributed by atoms with Crippen LogP contribution in [-0.4, -0.2) is 67.6 Å². The van der Waals surface area contributed by atoms with Gasteiger partial charge in [-0.25, -0.2) is 4.79 Å². The molecule has 0 spiro atoms. The molecule has 9 nitrogen and oxygen atoms in total. The lowest BCUT2D eigenvalue weighted by Gasteiger charge is -2.33. The van der Waals surface area contributed by atoms with Crippen molar-refractivity contribution in [3.63, 3.8) is 0 Å². The third kappa shape index (κ3) is 6.75. The highest BCUT2D eigenvalue weighted by molar-refractivity contribution is 5.96. The molecule has 1 fully saturated rings. The molecule has 1 heterocycles. The summed E-state index contributed by atoms with van der Waals surface area (Å²) in [6, 6.07) is 5.84. The van der Waals surface area contributed by atoms with Gasteiger partial charge in [0.15, 0.2) is 6.61 Å². The highest BCUT2D eigenvalue weighted by Crippen LogP contribution is 2.18. The first-order chi connectivity index (χ1) is 14.5. The van der Waals surface area contributed by atoms with Crippen molar-refractivity contribution in [1.29, 1.82) is 0 Å². The minimum atomic E-state index is -0.743. The van der Waals surface area contributed by atoms with E-state index in [0.717, 1.165) is 12.8 Å². The molecule has 0 aromatic heterocycles. The number of esters is 2. The summed E-state index contributed by atoms with van der Waals surface area (Å²) in [5.41, 5.74) is 0.368. The van der Waals surface area contributed by atoms with Crippen LogP contribution >= 0.6 is 0 Å². The molecule has 1 N–H and O–H groups in total. The predicted molar refractivity (Wildman–Crippen MR) is 107 cm³/mol. The zero-order valence-corrected chi connectivity index (χ0v) is 17.3. The lowest BCUT2D eigenvalue weighted by Crippen LogP contribution is -2.50. The fraction of sp³-hybridized carbons (Fsp3) is 0.524. The van der Waals surface area contributed by atoms with Crippen molar-refractivity contribution in [2.45, 2.75) is 39.2 Å². The van der Waals surface area contributed by atoms with Crippen LogP contribution < -0.4 is 10.1 Å². The number of carbonyl (C=O) groups is 4. The number of benzene rings is 1. The topological polar surface area (TPSA) is 111 Å². The molecule has 0 bridgehead atoms. The highest BCUT2D eigenvalue weighted by Gasteiger charge is 2.33. The molecular formula is C21H28N2O7. The Labute approximate surface area is 175 Å². The maximum atomic E-state index is 12.4. The fourth-order valence-electron chi connectivity index (χ4n) is 3.11. The zero-order chi connectivity index (χ0) is 21.9. The van der Waals surface area contributed by atoms with Crippen LogP contribution in [0.3, 0.4) is 0 Å². The van der Waals surface area contributed by atoms with Gasteiger partial charge in [0.25, 0.3) is 11.8 Å². The van der Waals surface area contributed by atoms with Gasteiger partial charge in [-0.05, 0) is 57.4 Å². The molecular weight excluding hydrogens is 392 g/mol. The number of amides is 2. The minimum absolute atomic E-state index is 0.237. The van der Waals surface area contributed by atoms with Gasteiger partial charge in [0.1, 0.15) is 18.3 Å². The van der Waals surface area contributed by atoms with Crippen molar-refractivity contribution in [2.24, 2.45) is 0 Å². The van der Waals surface area contributed by atoms with Crippen LogP contribution in [0, 0.1) is 0 Å². The molecule has 2 rings (SSSR count). The molecule has 0 radical (unpaired) electrons. The maximum Gasteiger partial charge on any atom is 0.328 e. The SMILES string of the molecule is CCOC(=O)[C@H]1CCCCN1C(=O)COC(=O)CNC(=O)c1ccc(OCC)cc1. The Morgan fingerprint density at radius 1 is 1.03 bits per heavy atom. The van der Waals surface area contributed by atoms with E-state index in [4.69, 9.17) is 14.2 Å². The first kappa shape index (κ1) is 23.2. The van der Waals surface area contributed by atoms with Gasteiger partial charge in [-0.2, -0.15) is 0 Å². The molecule has 1 saturated heterocycles. The van der Waals surface area contributed by atoms with E-state index < -0.39 is 36.4 Å². The lowest BCUT2D eigenvalue weighted by molar-refractivity contribution is -0.160. The monoisotopic (exact) mass is 420 g/mol. The summed E-state index contributed by atoms with van der Waals surface area (Å²) in [4.78, 5) is 49.8. The van der Waals surface area contributed by atoms with Gasteiger partial charge in [-0.3, -0.25) is 14.4 Å². The van der Waals surface area contributed by atoms with E-state index in [1.54, 1.807) is 31.2 Å². The Morgan fingerprint density at radius 3 is 2.43 bits per heavy atom. The van der Waals surface area contributed by atoms with Crippen LogP contribution in [0.5, 0.6) is 5.75 Å². The summed E-state index contributed by atoms with van der Waals surface area (Å²) in [7, 11) is 0. The van der Waals surface area contributed by atoms with E-state index >= 15 is 0 Å². The first-order valence-electron chi connectivity index (χ1n) is 10.1. The Bertz CT molecular complexity index is 748. The zero-order valence-electron chi connectivity index (χ0n) is 17.3. The quantitative estimate of drug-likeness (QED) is 0.600. The van der Waals surface area contributed by atoms with E-state index in [0.29, 0.717) is 30.9 Å². The van der Waals surface area contributed by atoms with Gasteiger partial charge in [-0.15, -0.1) is 0 Å². The van der Waals surface area contributed by atoms with Crippen LogP contribution in [0.2, 0.25) is 0 Å². The summed E-state index contributed by atoms with van der Waals surface area (Å²) in [6.45, 7) is 3.87. The van der Waals surface area contributed by atoms with Crippen LogP contribution in [0.25, 0.3) is 0 Å². The average molecular weight is 420 g/mol. The maximum absolute atomic E-state index is 12.4.